The number of hydrogen-bond donors (Lipinski definition) is 1. The van der Waals surface area contributed by atoms with Gasteiger partial charge in [0.05, 0.1) is 38.0 Å². The molecule has 10 heteroatoms. The van der Waals surface area contributed by atoms with Crippen LogP contribution in [-0.4, -0.2) is 47.8 Å². The van der Waals surface area contributed by atoms with Crippen molar-refractivity contribution in [1.82, 2.24) is 5.32 Å². The van der Waals surface area contributed by atoms with Gasteiger partial charge in [-0.05, 0) is 63.2 Å². The first-order chi connectivity index (χ1) is 18.5. The highest BCUT2D eigenvalue weighted by molar-refractivity contribution is 7.92. The highest BCUT2D eigenvalue weighted by Crippen LogP contribution is 2.41. The minimum Gasteiger partial charge on any atom is -0.497 e. The number of carbonyl (C=O) groups is 1. The van der Waals surface area contributed by atoms with E-state index in [0.717, 1.165) is 15.4 Å². The second-order valence-corrected chi connectivity index (χ2v) is 11.8. The summed E-state index contributed by atoms with van der Waals surface area (Å²) >= 11 is 0. The summed E-state index contributed by atoms with van der Waals surface area (Å²) in [5.74, 6) is 1.57. The van der Waals surface area contributed by atoms with Gasteiger partial charge < -0.3 is 24.3 Å². The van der Waals surface area contributed by atoms with Gasteiger partial charge in [0.15, 0.2) is 11.5 Å². The number of nitrogens with one attached hydrogen (secondary N) is 1. The van der Waals surface area contributed by atoms with Gasteiger partial charge >= 0.3 is 0 Å². The number of sulfonamides is 1. The summed E-state index contributed by atoms with van der Waals surface area (Å²) in [7, 11) is 0.414. The summed E-state index contributed by atoms with van der Waals surface area (Å²) in [5, 5.41) is 3.03. The van der Waals surface area contributed by atoms with Crippen molar-refractivity contribution in [2.24, 2.45) is 0 Å². The molecule has 0 aliphatic carbocycles. The third-order valence-electron chi connectivity index (χ3n) is 6.56. The van der Waals surface area contributed by atoms with Crippen LogP contribution in [0.15, 0.2) is 65.6 Å². The predicted octanol–water partition coefficient (Wildman–Crippen LogP) is 4.63. The molecule has 0 saturated heterocycles. The molecule has 0 fully saturated rings. The highest BCUT2D eigenvalue weighted by Gasteiger charge is 2.36. The Morgan fingerprint density at radius 3 is 2.31 bits per heavy atom. The van der Waals surface area contributed by atoms with Gasteiger partial charge in [0.2, 0.25) is 5.91 Å². The van der Waals surface area contributed by atoms with Crippen LogP contribution in [0.3, 0.4) is 0 Å². The zero-order valence-corrected chi connectivity index (χ0v) is 23.8. The Morgan fingerprint density at radius 2 is 1.67 bits per heavy atom. The van der Waals surface area contributed by atoms with Gasteiger partial charge in [0.1, 0.15) is 23.6 Å². The molecule has 0 spiro atoms. The molecule has 39 heavy (non-hydrogen) atoms. The Balaban J connectivity index is 1.70. The molecule has 1 heterocycles. The lowest BCUT2D eigenvalue weighted by atomic mass is 9.89. The van der Waals surface area contributed by atoms with E-state index in [0.29, 0.717) is 29.4 Å². The number of anilines is 1. The standard InChI is InChI=1S/C29H34N2O7S/c1-19-7-11-22(12-8-19)39(33,34)31(20-9-13-26(36-5)27(15-20)37-6)18-28(32)30-24-17-29(2,3)38-25-14-10-21(35-4)16-23(24)25/h7-16,24H,17-18H2,1-6H3,(H,30,32). The minimum absolute atomic E-state index is 0.0676. The first-order valence-corrected chi connectivity index (χ1v) is 13.9. The van der Waals surface area contributed by atoms with E-state index in [1.807, 2.05) is 32.9 Å². The average Bonchev–Trinajstić information content (AvgIpc) is 2.90. The molecule has 1 N–H and O–H groups in total. The van der Waals surface area contributed by atoms with Crippen LogP contribution >= 0.6 is 0 Å². The van der Waals surface area contributed by atoms with Crippen molar-refractivity contribution >= 4 is 21.6 Å². The zero-order chi connectivity index (χ0) is 28.4. The number of aryl methyl sites for hydroxylation is 1. The molecular weight excluding hydrogens is 520 g/mol. The number of ether oxygens (including phenoxy) is 4. The molecule has 1 atom stereocenters. The molecular formula is C29H34N2O7S. The molecule has 1 unspecified atom stereocenters. The molecule has 0 aromatic heterocycles. The Morgan fingerprint density at radius 1 is 0.974 bits per heavy atom. The quantitative estimate of drug-likeness (QED) is 0.411. The largest absolute Gasteiger partial charge is 0.497 e. The summed E-state index contributed by atoms with van der Waals surface area (Å²) in [5.41, 5.74) is 1.40. The van der Waals surface area contributed by atoms with Gasteiger partial charge in [-0.1, -0.05) is 17.7 Å². The Hall–Kier alpha value is -3.92. The molecule has 3 aromatic carbocycles. The smallest absolute Gasteiger partial charge is 0.264 e. The monoisotopic (exact) mass is 554 g/mol. The molecule has 1 aliphatic heterocycles. The summed E-state index contributed by atoms with van der Waals surface area (Å²) in [4.78, 5) is 13.6. The van der Waals surface area contributed by atoms with E-state index in [2.05, 4.69) is 5.32 Å². The van der Waals surface area contributed by atoms with Crippen molar-refractivity contribution in [2.45, 2.75) is 43.7 Å². The molecule has 0 radical (unpaired) electrons. The van der Waals surface area contributed by atoms with Gasteiger partial charge in [-0.15, -0.1) is 0 Å². The second kappa shape index (κ2) is 11.1. The molecule has 4 rings (SSSR count). The van der Waals surface area contributed by atoms with E-state index in [1.54, 1.807) is 37.4 Å². The SMILES string of the molecule is COc1ccc2c(c1)C(NC(=O)CN(c1ccc(OC)c(OC)c1)S(=O)(=O)c1ccc(C)cc1)CC(C)(C)O2. The number of methoxy groups -OCH3 is 3. The lowest BCUT2D eigenvalue weighted by molar-refractivity contribution is -0.120. The lowest BCUT2D eigenvalue weighted by Crippen LogP contribution is -2.45. The van der Waals surface area contributed by atoms with E-state index in [4.69, 9.17) is 18.9 Å². The summed E-state index contributed by atoms with van der Waals surface area (Å²) in [6, 6.07) is 16.2. The molecule has 208 valence electrons. The predicted molar refractivity (Wildman–Crippen MR) is 148 cm³/mol. The third-order valence-corrected chi connectivity index (χ3v) is 8.35. The van der Waals surface area contributed by atoms with Crippen molar-refractivity contribution in [2.75, 3.05) is 32.2 Å². The zero-order valence-electron chi connectivity index (χ0n) is 23.0. The second-order valence-electron chi connectivity index (χ2n) is 9.95. The van der Waals surface area contributed by atoms with Crippen LogP contribution in [0, 0.1) is 6.92 Å². The van der Waals surface area contributed by atoms with Crippen molar-refractivity contribution in [3.8, 4) is 23.0 Å². The van der Waals surface area contributed by atoms with Gasteiger partial charge in [-0.3, -0.25) is 9.10 Å². The van der Waals surface area contributed by atoms with Crippen LogP contribution in [0.5, 0.6) is 23.0 Å². The number of rotatable bonds is 9. The summed E-state index contributed by atoms with van der Waals surface area (Å²) in [6.45, 7) is 5.30. The first kappa shape index (κ1) is 28.1. The van der Waals surface area contributed by atoms with E-state index in [9.17, 15) is 13.2 Å². The van der Waals surface area contributed by atoms with E-state index >= 15 is 0 Å². The number of benzene rings is 3. The summed E-state index contributed by atoms with van der Waals surface area (Å²) < 4.78 is 51.0. The minimum atomic E-state index is -4.11. The fraction of sp³-hybridized carbons (Fsp3) is 0.345. The average molecular weight is 555 g/mol. The van der Waals surface area contributed by atoms with Crippen molar-refractivity contribution in [3.63, 3.8) is 0 Å². The van der Waals surface area contributed by atoms with Gasteiger partial charge in [-0.25, -0.2) is 8.42 Å². The van der Waals surface area contributed by atoms with Crippen LogP contribution in [0.1, 0.15) is 37.4 Å². The number of carbonyl (C=O) groups excluding carboxylic acids is 1. The van der Waals surface area contributed by atoms with Crippen LogP contribution < -0.4 is 28.6 Å². The van der Waals surface area contributed by atoms with Crippen molar-refractivity contribution in [3.05, 3.63) is 71.8 Å². The van der Waals surface area contributed by atoms with Crippen LogP contribution in [0.4, 0.5) is 5.69 Å². The fourth-order valence-electron chi connectivity index (χ4n) is 4.59. The highest BCUT2D eigenvalue weighted by atomic mass is 32.2. The van der Waals surface area contributed by atoms with Crippen molar-refractivity contribution < 1.29 is 32.2 Å². The summed E-state index contributed by atoms with van der Waals surface area (Å²) in [6.07, 6.45) is 0.486. The third kappa shape index (κ3) is 6.06. The first-order valence-electron chi connectivity index (χ1n) is 12.4. The van der Waals surface area contributed by atoms with E-state index < -0.39 is 34.1 Å². The van der Waals surface area contributed by atoms with Gasteiger partial charge in [0, 0.05) is 18.1 Å². The number of nitrogens with zero attached hydrogens (tertiary/aromatic N) is 1. The number of amides is 1. The number of hydrogen-bond acceptors (Lipinski definition) is 7. The molecule has 9 nitrogen and oxygen atoms in total. The number of fused-ring (bicyclic) bond motifs is 1. The van der Waals surface area contributed by atoms with Gasteiger partial charge in [-0.2, -0.15) is 0 Å². The molecule has 0 bridgehead atoms. The van der Waals surface area contributed by atoms with Crippen LogP contribution in [0.2, 0.25) is 0 Å². The Bertz CT molecular complexity index is 1450. The van der Waals surface area contributed by atoms with Crippen molar-refractivity contribution in [1.29, 1.82) is 0 Å². The fourth-order valence-corrected chi connectivity index (χ4v) is 6.00. The molecule has 1 amide bonds. The maximum Gasteiger partial charge on any atom is 0.264 e. The van der Waals surface area contributed by atoms with Crippen LogP contribution in [-0.2, 0) is 14.8 Å². The van der Waals surface area contributed by atoms with Gasteiger partial charge in [0.25, 0.3) is 10.0 Å². The maximum absolute atomic E-state index is 13.8. The Kier molecular flexibility index (Phi) is 7.96. The molecule has 3 aromatic rings. The topological polar surface area (TPSA) is 103 Å². The van der Waals surface area contributed by atoms with E-state index in [-0.39, 0.29) is 10.6 Å². The van der Waals surface area contributed by atoms with Crippen LogP contribution in [0.25, 0.3) is 0 Å². The lowest BCUT2D eigenvalue weighted by Gasteiger charge is -2.38. The van der Waals surface area contributed by atoms with E-state index in [1.165, 1.54) is 32.4 Å². The molecule has 1 aliphatic rings. The normalized spacial score (nSPS) is 15.9. The molecule has 0 saturated carbocycles. The maximum atomic E-state index is 13.8. The Labute approximate surface area is 229 Å².